The Kier molecular flexibility index (Phi) is 6.37. The van der Waals surface area contributed by atoms with Gasteiger partial charge in [-0.3, -0.25) is 9.59 Å². The minimum absolute atomic E-state index is 0.0673. The molecule has 1 aromatic carbocycles. The van der Waals surface area contributed by atoms with Crippen molar-refractivity contribution in [2.45, 2.75) is 24.7 Å². The minimum Gasteiger partial charge on any atom is -0.368 e. The van der Waals surface area contributed by atoms with E-state index in [1.165, 1.54) is 4.90 Å². The normalized spacial score (nSPS) is 10.3. The first-order chi connectivity index (χ1) is 8.95. The van der Waals surface area contributed by atoms with E-state index in [0.717, 1.165) is 17.3 Å². The van der Waals surface area contributed by atoms with Crippen molar-refractivity contribution in [3.63, 3.8) is 0 Å². The summed E-state index contributed by atoms with van der Waals surface area (Å²) in [5.41, 5.74) is 5.66. The Morgan fingerprint density at radius 2 is 2.11 bits per heavy atom. The highest BCUT2D eigenvalue weighted by Gasteiger charge is 2.19. The highest BCUT2D eigenvalue weighted by Crippen LogP contribution is 2.21. The number of primary amides is 1. The summed E-state index contributed by atoms with van der Waals surface area (Å²) in [6, 6.07) is 5.21. The number of benzene rings is 1. The van der Waals surface area contributed by atoms with Gasteiger partial charge in [0.2, 0.25) is 5.91 Å². The first-order valence-corrected chi connectivity index (χ1v) is 7.25. The van der Waals surface area contributed by atoms with E-state index in [1.807, 2.05) is 6.92 Å². The zero-order valence-electron chi connectivity index (χ0n) is 10.7. The van der Waals surface area contributed by atoms with Gasteiger partial charge in [-0.15, -0.1) is 12.6 Å². The van der Waals surface area contributed by atoms with Crippen LogP contribution in [0.15, 0.2) is 27.6 Å². The molecule has 19 heavy (non-hydrogen) atoms. The molecule has 0 radical (unpaired) electrons. The highest BCUT2D eigenvalue weighted by molar-refractivity contribution is 9.10. The number of unbranched alkanes of at least 4 members (excludes halogenated alkanes) is 1. The molecular formula is C13H17BrN2O2S. The maximum Gasteiger partial charge on any atom is 0.255 e. The summed E-state index contributed by atoms with van der Waals surface area (Å²) in [6.07, 6.45) is 1.77. The topological polar surface area (TPSA) is 63.4 Å². The number of rotatable bonds is 6. The number of hydrogen-bond acceptors (Lipinski definition) is 3. The number of hydrogen-bond donors (Lipinski definition) is 2. The van der Waals surface area contributed by atoms with Crippen LogP contribution in [0.5, 0.6) is 0 Å². The molecule has 0 bridgehead atoms. The fourth-order valence-electron chi connectivity index (χ4n) is 1.65. The summed E-state index contributed by atoms with van der Waals surface area (Å²) in [6.45, 7) is 2.47. The first kappa shape index (κ1) is 16.0. The Hall–Kier alpha value is -1.01. The van der Waals surface area contributed by atoms with Gasteiger partial charge in [0, 0.05) is 15.9 Å². The van der Waals surface area contributed by atoms with E-state index < -0.39 is 5.91 Å². The minimum atomic E-state index is -0.512. The number of carbonyl (C=O) groups excluding carboxylic acids is 2. The van der Waals surface area contributed by atoms with Gasteiger partial charge in [-0.25, -0.2) is 0 Å². The van der Waals surface area contributed by atoms with Gasteiger partial charge in [0.05, 0.1) is 12.1 Å². The second-order valence-electron chi connectivity index (χ2n) is 4.21. The molecule has 6 heteroatoms. The van der Waals surface area contributed by atoms with Crippen molar-refractivity contribution in [1.29, 1.82) is 0 Å². The van der Waals surface area contributed by atoms with Gasteiger partial charge in [0.25, 0.3) is 5.91 Å². The van der Waals surface area contributed by atoms with Crippen LogP contribution in [-0.4, -0.2) is 29.8 Å². The molecule has 0 saturated heterocycles. The van der Waals surface area contributed by atoms with Crippen molar-refractivity contribution < 1.29 is 9.59 Å². The molecule has 0 aliphatic heterocycles. The van der Waals surface area contributed by atoms with E-state index in [2.05, 4.69) is 28.6 Å². The zero-order valence-corrected chi connectivity index (χ0v) is 13.2. The Morgan fingerprint density at radius 3 is 2.63 bits per heavy atom. The lowest BCUT2D eigenvalue weighted by molar-refractivity contribution is -0.118. The molecule has 1 aromatic rings. The van der Waals surface area contributed by atoms with Gasteiger partial charge in [0.15, 0.2) is 0 Å². The van der Waals surface area contributed by atoms with Crippen LogP contribution in [0.25, 0.3) is 0 Å². The fourth-order valence-corrected chi connectivity index (χ4v) is 2.49. The van der Waals surface area contributed by atoms with Gasteiger partial charge < -0.3 is 10.6 Å². The molecule has 104 valence electrons. The van der Waals surface area contributed by atoms with E-state index in [-0.39, 0.29) is 12.5 Å². The molecule has 0 fully saturated rings. The lowest BCUT2D eigenvalue weighted by Crippen LogP contribution is -2.39. The Labute approximate surface area is 126 Å². The molecule has 0 atom stereocenters. The Morgan fingerprint density at radius 1 is 1.42 bits per heavy atom. The van der Waals surface area contributed by atoms with Crippen molar-refractivity contribution in [2.75, 3.05) is 13.1 Å². The summed E-state index contributed by atoms with van der Waals surface area (Å²) in [5.74, 6) is -0.730. The predicted molar refractivity (Wildman–Crippen MR) is 81.4 cm³/mol. The van der Waals surface area contributed by atoms with Gasteiger partial charge in [-0.05, 0) is 24.6 Å². The van der Waals surface area contributed by atoms with Crippen molar-refractivity contribution in [3.8, 4) is 0 Å². The van der Waals surface area contributed by atoms with Gasteiger partial charge in [-0.2, -0.15) is 0 Å². The van der Waals surface area contributed by atoms with Gasteiger partial charge >= 0.3 is 0 Å². The molecule has 2 amide bonds. The van der Waals surface area contributed by atoms with Crippen LogP contribution in [0, 0.1) is 0 Å². The van der Waals surface area contributed by atoms with E-state index in [4.69, 9.17) is 5.73 Å². The van der Waals surface area contributed by atoms with E-state index >= 15 is 0 Å². The molecule has 0 unspecified atom stereocenters. The highest BCUT2D eigenvalue weighted by atomic mass is 79.9. The second kappa shape index (κ2) is 7.55. The summed E-state index contributed by atoms with van der Waals surface area (Å²) in [7, 11) is 0. The number of nitrogens with two attached hydrogens (primary N) is 1. The van der Waals surface area contributed by atoms with Crippen molar-refractivity contribution >= 4 is 40.4 Å². The molecule has 0 spiro atoms. The number of halogens is 1. The maximum atomic E-state index is 12.4. The smallest absolute Gasteiger partial charge is 0.255 e. The average molecular weight is 345 g/mol. The zero-order chi connectivity index (χ0) is 14.4. The molecule has 0 aliphatic rings. The summed E-state index contributed by atoms with van der Waals surface area (Å²) in [5, 5.41) is 0. The molecule has 0 heterocycles. The van der Waals surface area contributed by atoms with Crippen LogP contribution in [-0.2, 0) is 4.79 Å². The number of nitrogens with zero attached hydrogens (tertiary/aromatic N) is 1. The number of thiol groups is 1. The van der Waals surface area contributed by atoms with E-state index in [9.17, 15) is 9.59 Å². The van der Waals surface area contributed by atoms with Crippen LogP contribution in [0.1, 0.15) is 30.1 Å². The summed E-state index contributed by atoms with van der Waals surface area (Å²) in [4.78, 5) is 25.5. The van der Waals surface area contributed by atoms with Crippen LogP contribution >= 0.6 is 28.6 Å². The van der Waals surface area contributed by atoms with E-state index in [1.54, 1.807) is 18.2 Å². The molecule has 0 aromatic heterocycles. The quantitative estimate of drug-likeness (QED) is 0.778. The van der Waals surface area contributed by atoms with Crippen molar-refractivity contribution in [3.05, 3.63) is 28.2 Å². The predicted octanol–water partition coefficient (Wildman–Crippen LogP) is 2.47. The molecule has 1 rings (SSSR count). The second-order valence-corrected chi connectivity index (χ2v) is 5.61. The van der Waals surface area contributed by atoms with Crippen molar-refractivity contribution in [1.82, 2.24) is 4.90 Å². The number of amides is 2. The Balaban J connectivity index is 2.93. The maximum absolute atomic E-state index is 12.4. The van der Waals surface area contributed by atoms with Crippen LogP contribution < -0.4 is 5.73 Å². The molecule has 0 aliphatic carbocycles. The molecule has 0 saturated carbocycles. The molecule has 2 N–H and O–H groups in total. The lowest BCUT2D eigenvalue weighted by Gasteiger charge is -2.21. The van der Waals surface area contributed by atoms with Crippen LogP contribution in [0.4, 0.5) is 0 Å². The largest absolute Gasteiger partial charge is 0.368 e. The molecule has 4 nitrogen and oxygen atoms in total. The first-order valence-electron chi connectivity index (χ1n) is 6.01. The summed E-state index contributed by atoms with van der Waals surface area (Å²) < 4.78 is 0.851. The third-order valence-corrected chi connectivity index (χ3v) is 3.47. The molecular weight excluding hydrogens is 328 g/mol. The Bertz CT molecular complexity index is 480. The lowest BCUT2D eigenvalue weighted by atomic mass is 10.2. The third-order valence-electron chi connectivity index (χ3n) is 2.61. The van der Waals surface area contributed by atoms with Gasteiger partial charge in [0.1, 0.15) is 0 Å². The number of carbonyl (C=O) groups is 2. The van der Waals surface area contributed by atoms with Crippen molar-refractivity contribution in [2.24, 2.45) is 5.73 Å². The van der Waals surface area contributed by atoms with E-state index in [0.29, 0.717) is 17.0 Å². The monoisotopic (exact) mass is 344 g/mol. The SMILES string of the molecule is CCCCN(CC(N)=O)C(=O)c1ccc(Br)cc1S. The third kappa shape index (κ3) is 4.87. The average Bonchev–Trinajstić information content (AvgIpc) is 2.33. The standard InChI is InChI=1S/C13H17BrN2O2S/c1-2-3-6-16(8-12(15)17)13(18)10-5-4-9(14)7-11(10)19/h4-5,7,19H,2-3,6,8H2,1H3,(H2,15,17). The summed E-state index contributed by atoms with van der Waals surface area (Å²) >= 11 is 7.61. The van der Waals surface area contributed by atoms with Crippen LogP contribution in [0.3, 0.4) is 0 Å². The van der Waals surface area contributed by atoms with Gasteiger partial charge in [-0.1, -0.05) is 29.3 Å². The van der Waals surface area contributed by atoms with Crippen LogP contribution in [0.2, 0.25) is 0 Å². The fraction of sp³-hybridized carbons (Fsp3) is 0.385.